The first kappa shape index (κ1) is 11.5. The van der Waals surface area contributed by atoms with Crippen LogP contribution in [0, 0.1) is 18.6 Å². The second-order valence-electron chi connectivity index (χ2n) is 3.61. The fourth-order valence-corrected chi connectivity index (χ4v) is 1.54. The Kier molecular flexibility index (Phi) is 3.04. The summed E-state index contributed by atoms with van der Waals surface area (Å²) < 4.78 is 32.0. The van der Waals surface area contributed by atoms with Crippen molar-refractivity contribution in [2.24, 2.45) is 0 Å². The Bertz CT molecular complexity index is 555. The normalized spacial score (nSPS) is 10.4. The SMILES string of the molecule is COc1ccnc(-c2ccc(F)c(C)c2F)c1. The van der Waals surface area contributed by atoms with Crippen molar-refractivity contribution >= 4 is 0 Å². The zero-order chi connectivity index (χ0) is 12.4. The molecule has 88 valence electrons. The molecule has 1 heterocycles. The van der Waals surface area contributed by atoms with E-state index in [2.05, 4.69) is 4.98 Å². The van der Waals surface area contributed by atoms with Crippen LogP contribution in [0.5, 0.6) is 5.75 Å². The predicted molar refractivity (Wildman–Crippen MR) is 60.9 cm³/mol. The van der Waals surface area contributed by atoms with Crippen LogP contribution in [0.3, 0.4) is 0 Å². The smallest absolute Gasteiger partial charge is 0.138 e. The van der Waals surface area contributed by atoms with Crippen molar-refractivity contribution in [3.05, 3.63) is 47.7 Å². The van der Waals surface area contributed by atoms with E-state index in [1.54, 1.807) is 12.1 Å². The highest BCUT2D eigenvalue weighted by Crippen LogP contribution is 2.26. The molecule has 0 unspecified atom stereocenters. The maximum absolute atomic E-state index is 13.9. The van der Waals surface area contributed by atoms with E-state index >= 15 is 0 Å². The quantitative estimate of drug-likeness (QED) is 0.796. The van der Waals surface area contributed by atoms with Crippen LogP contribution in [0.25, 0.3) is 11.3 Å². The number of methoxy groups -OCH3 is 1. The van der Waals surface area contributed by atoms with Crippen molar-refractivity contribution in [2.75, 3.05) is 7.11 Å². The second kappa shape index (κ2) is 4.49. The third-order valence-electron chi connectivity index (χ3n) is 2.56. The average Bonchev–Trinajstić information content (AvgIpc) is 2.36. The molecule has 2 nitrogen and oxygen atoms in total. The number of halogens is 2. The minimum Gasteiger partial charge on any atom is -0.497 e. The third-order valence-corrected chi connectivity index (χ3v) is 2.56. The molecule has 0 aliphatic rings. The summed E-state index contributed by atoms with van der Waals surface area (Å²) in [6, 6.07) is 5.88. The first-order valence-electron chi connectivity index (χ1n) is 5.08. The average molecular weight is 235 g/mol. The van der Waals surface area contributed by atoms with Crippen molar-refractivity contribution < 1.29 is 13.5 Å². The number of hydrogen-bond donors (Lipinski definition) is 0. The lowest BCUT2D eigenvalue weighted by molar-refractivity contribution is 0.414. The van der Waals surface area contributed by atoms with Gasteiger partial charge in [0.15, 0.2) is 0 Å². The Morgan fingerprint density at radius 1 is 1.18 bits per heavy atom. The molecular formula is C13H11F2NO. The number of pyridine rings is 1. The third kappa shape index (κ3) is 2.11. The molecule has 0 fully saturated rings. The number of benzene rings is 1. The number of ether oxygens (including phenoxy) is 1. The van der Waals surface area contributed by atoms with Crippen molar-refractivity contribution in [1.82, 2.24) is 4.98 Å². The molecule has 0 saturated heterocycles. The van der Waals surface area contributed by atoms with Gasteiger partial charge in [0, 0.05) is 23.4 Å². The molecular weight excluding hydrogens is 224 g/mol. The summed E-state index contributed by atoms with van der Waals surface area (Å²) >= 11 is 0. The van der Waals surface area contributed by atoms with E-state index in [0.717, 1.165) is 0 Å². The highest BCUT2D eigenvalue weighted by atomic mass is 19.1. The van der Waals surface area contributed by atoms with Gasteiger partial charge in [0.2, 0.25) is 0 Å². The summed E-state index contributed by atoms with van der Waals surface area (Å²) in [5.74, 6) is -0.573. The van der Waals surface area contributed by atoms with E-state index in [-0.39, 0.29) is 11.1 Å². The Balaban J connectivity index is 2.56. The highest BCUT2D eigenvalue weighted by Gasteiger charge is 2.12. The summed E-state index contributed by atoms with van der Waals surface area (Å²) in [4.78, 5) is 4.05. The molecule has 1 aromatic heterocycles. The lowest BCUT2D eigenvalue weighted by atomic mass is 10.1. The maximum Gasteiger partial charge on any atom is 0.138 e. The van der Waals surface area contributed by atoms with Gasteiger partial charge in [-0.15, -0.1) is 0 Å². The number of aromatic nitrogens is 1. The molecule has 2 rings (SSSR count). The summed E-state index contributed by atoms with van der Waals surface area (Å²) in [6.07, 6.45) is 1.52. The van der Waals surface area contributed by atoms with Crippen LogP contribution in [0.15, 0.2) is 30.5 Å². The minimum atomic E-state index is -0.592. The molecule has 0 bridgehead atoms. The van der Waals surface area contributed by atoms with Crippen LogP contribution < -0.4 is 4.74 Å². The fourth-order valence-electron chi connectivity index (χ4n) is 1.54. The highest BCUT2D eigenvalue weighted by molar-refractivity contribution is 5.62. The molecule has 0 saturated carbocycles. The van der Waals surface area contributed by atoms with Crippen LogP contribution in [-0.2, 0) is 0 Å². The molecule has 0 amide bonds. The predicted octanol–water partition coefficient (Wildman–Crippen LogP) is 3.34. The first-order valence-corrected chi connectivity index (χ1v) is 5.08. The van der Waals surface area contributed by atoms with Gasteiger partial charge in [-0.05, 0) is 25.1 Å². The molecule has 0 aliphatic heterocycles. The molecule has 1 aromatic carbocycles. The van der Waals surface area contributed by atoms with E-state index in [1.807, 2.05) is 0 Å². The van der Waals surface area contributed by atoms with Crippen LogP contribution >= 0.6 is 0 Å². The number of rotatable bonds is 2. The Labute approximate surface area is 97.9 Å². The maximum atomic E-state index is 13.9. The lowest BCUT2D eigenvalue weighted by Crippen LogP contribution is -1.94. The molecule has 2 aromatic rings. The van der Waals surface area contributed by atoms with Gasteiger partial charge in [-0.3, -0.25) is 4.98 Å². The second-order valence-corrected chi connectivity index (χ2v) is 3.61. The van der Waals surface area contributed by atoms with Crippen molar-refractivity contribution in [1.29, 1.82) is 0 Å². The van der Waals surface area contributed by atoms with E-state index < -0.39 is 11.6 Å². The van der Waals surface area contributed by atoms with E-state index in [4.69, 9.17) is 4.74 Å². The van der Waals surface area contributed by atoms with Gasteiger partial charge in [-0.1, -0.05) is 0 Å². The van der Waals surface area contributed by atoms with Crippen molar-refractivity contribution in [3.63, 3.8) is 0 Å². The monoisotopic (exact) mass is 235 g/mol. The van der Waals surface area contributed by atoms with Crippen LogP contribution in [0.2, 0.25) is 0 Å². The lowest BCUT2D eigenvalue weighted by Gasteiger charge is -2.07. The van der Waals surface area contributed by atoms with Gasteiger partial charge in [0.1, 0.15) is 17.4 Å². The Hall–Kier alpha value is -1.97. The Morgan fingerprint density at radius 2 is 1.94 bits per heavy atom. The largest absolute Gasteiger partial charge is 0.497 e. The Morgan fingerprint density at radius 3 is 2.65 bits per heavy atom. The van der Waals surface area contributed by atoms with E-state index in [0.29, 0.717) is 11.4 Å². The number of nitrogens with zero attached hydrogens (tertiary/aromatic N) is 1. The van der Waals surface area contributed by atoms with E-state index in [9.17, 15) is 8.78 Å². The van der Waals surface area contributed by atoms with E-state index in [1.165, 1.54) is 32.4 Å². The van der Waals surface area contributed by atoms with Crippen LogP contribution in [0.1, 0.15) is 5.56 Å². The zero-order valence-corrected chi connectivity index (χ0v) is 9.50. The first-order chi connectivity index (χ1) is 8.13. The van der Waals surface area contributed by atoms with Crippen molar-refractivity contribution in [3.8, 4) is 17.0 Å². The van der Waals surface area contributed by atoms with Gasteiger partial charge >= 0.3 is 0 Å². The van der Waals surface area contributed by atoms with Crippen LogP contribution in [-0.4, -0.2) is 12.1 Å². The van der Waals surface area contributed by atoms with Crippen LogP contribution in [0.4, 0.5) is 8.78 Å². The van der Waals surface area contributed by atoms with Gasteiger partial charge in [-0.25, -0.2) is 8.78 Å². The molecule has 4 heteroatoms. The number of hydrogen-bond acceptors (Lipinski definition) is 2. The summed E-state index contributed by atoms with van der Waals surface area (Å²) in [6.45, 7) is 1.40. The molecule has 0 aliphatic carbocycles. The molecule has 0 radical (unpaired) electrons. The van der Waals surface area contributed by atoms with Gasteiger partial charge in [0.05, 0.1) is 12.8 Å². The van der Waals surface area contributed by atoms with Gasteiger partial charge < -0.3 is 4.74 Å². The van der Waals surface area contributed by atoms with Gasteiger partial charge in [0.25, 0.3) is 0 Å². The standard InChI is InChI=1S/C13H11F2NO/c1-8-11(14)4-3-10(13(8)15)12-7-9(17-2)5-6-16-12/h3-7H,1-2H3. The fraction of sp³-hybridized carbons (Fsp3) is 0.154. The van der Waals surface area contributed by atoms with Crippen molar-refractivity contribution in [2.45, 2.75) is 6.92 Å². The molecule has 0 N–H and O–H groups in total. The summed E-state index contributed by atoms with van der Waals surface area (Å²) in [5.41, 5.74) is 0.680. The summed E-state index contributed by atoms with van der Waals surface area (Å²) in [7, 11) is 1.52. The minimum absolute atomic E-state index is 0.00730. The summed E-state index contributed by atoms with van der Waals surface area (Å²) in [5, 5.41) is 0. The molecule has 0 spiro atoms. The van der Waals surface area contributed by atoms with Gasteiger partial charge in [-0.2, -0.15) is 0 Å². The zero-order valence-electron chi connectivity index (χ0n) is 9.50. The topological polar surface area (TPSA) is 22.1 Å². The molecule has 0 atom stereocenters. The molecule has 17 heavy (non-hydrogen) atoms.